The zero-order valence-electron chi connectivity index (χ0n) is 10.7. The molecular weight excluding hydrogens is 235 g/mol. The van der Waals surface area contributed by atoms with Crippen molar-refractivity contribution in [1.29, 1.82) is 0 Å². The van der Waals surface area contributed by atoms with Gasteiger partial charge < -0.3 is 0 Å². The van der Waals surface area contributed by atoms with Gasteiger partial charge >= 0.3 is 0 Å². The summed E-state index contributed by atoms with van der Waals surface area (Å²) in [6.45, 7) is 0. The SMILES string of the molecule is Fc1ccc2ccc3c4c(ccc3c2c1)CCCC4. The van der Waals surface area contributed by atoms with E-state index in [2.05, 4.69) is 24.3 Å². The van der Waals surface area contributed by atoms with Crippen LogP contribution in [-0.4, -0.2) is 0 Å². The molecule has 3 aromatic carbocycles. The molecule has 1 aliphatic rings. The van der Waals surface area contributed by atoms with Crippen molar-refractivity contribution in [2.24, 2.45) is 0 Å². The van der Waals surface area contributed by atoms with Crippen molar-refractivity contribution in [3.8, 4) is 0 Å². The molecule has 0 unspecified atom stereocenters. The molecule has 0 spiro atoms. The predicted molar refractivity (Wildman–Crippen MR) is 78.1 cm³/mol. The van der Waals surface area contributed by atoms with Gasteiger partial charge in [-0.25, -0.2) is 4.39 Å². The van der Waals surface area contributed by atoms with Gasteiger partial charge in [-0.05, 0) is 70.5 Å². The van der Waals surface area contributed by atoms with E-state index in [1.807, 2.05) is 6.07 Å². The number of aryl methyl sites for hydroxylation is 2. The third-order valence-electron chi connectivity index (χ3n) is 4.31. The summed E-state index contributed by atoms with van der Waals surface area (Å²) in [5, 5.41) is 4.66. The van der Waals surface area contributed by atoms with Crippen LogP contribution < -0.4 is 0 Å². The zero-order valence-corrected chi connectivity index (χ0v) is 10.7. The van der Waals surface area contributed by atoms with Gasteiger partial charge in [0, 0.05) is 0 Å². The van der Waals surface area contributed by atoms with Crippen molar-refractivity contribution in [2.75, 3.05) is 0 Å². The minimum absolute atomic E-state index is 0.155. The van der Waals surface area contributed by atoms with Crippen molar-refractivity contribution in [3.63, 3.8) is 0 Å². The first-order valence-electron chi connectivity index (χ1n) is 6.96. The smallest absolute Gasteiger partial charge is 0.123 e. The third-order valence-corrected chi connectivity index (χ3v) is 4.31. The molecule has 0 fully saturated rings. The van der Waals surface area contributed by atoms with E-state index < -0.39 is 0 Å². The molecule has 0 bridgehead atoms. The number of hydrogen-bond donors (Lipinski definition) is 0. The van der Waals surface area contributed by atoms with Crippen LogP contribution in [0.5, 0.6) is 0 Å². The van der Waals surface area contributed by atoms with Gasteiger partial charge in [-0.1, -0.05) is 30.3 Å². The van der Waals surface area contributed by atoms with Gasteiger partial charge in [-0.2, -0.15) is 0 Å². The summed E-state index contributed by atoms with van der Waals surface area (Å²) >= 11 is 0. The zero-order chi connectivity index (χ0) is 12.8. The van der Waals surface area contributed by atoms with E-state index in [9.17, 15) is 4.39 Å². The van der Waals surface area contributed by atoms with E-state index in [1.165, 1.54) is 47.2 Å². The van der Waals surface area contributed by atoms with Gasteiger partial charge in [-0.3, -0.25) is 0 Å². The Labute approximate surface area is 111 Å². The average molecular weight is 250 g/mol. The number of hydrogen-bond acceptors (Lipinski definition) is 0. The van der Waals surface area contributed by atoms with Crippen molar-refractivity contribution < 1.29 is 4.39 Å². The highest BCUT2D eigenvalue weighted by atomic mass is 19.1. The van der Waals surface area contributed by atoms with E-state index in [-0.39, 0.29) is 5.82 Å². The maximum Gasteiger partial charge on any atom is 0.123 e. The summed E-state index contributed by atoms with van der Waals surface area (Å²) in [4.78, 5) is 0. The molecule has 0 atom stereocenters. The highest BCUT2D eigenvalue weighted by Gasteiger charge is 2.13. The standard InChI is InChI=1S/C18H15F/c19-14-8-5-13-7-9-16-15-4-2-1-3-12(15)6-10-17(16)18(13)11-14/h5-11H,1-4H2. The van der Waals surface area contributed by atoms with Gasteiger partial charge in [-0.15, -0.1) is 0 Å². The Morgan fingerprint density at radius 2 is 1.53 bits per heavy atom. The van der Waals surface area contributed by atoms with Crippen LogP contribution in [0.15, 0.2) is 42.5 Å². The monoisotopic (exact) mass is 250 g/mol. The second-order valence-corrected chi connectivity index (χ2v) is 5.44. The number of fused-ring (bicyclic) bond motifs is 5. The maximum absolute atomic E-state index is 13.5. The molecule has 3 aromatic rings. The summed E-state index contributed by atoms with van der Waals surface area (Å²) in [6, 6.07) is 13.8. The first-order valence-corrected chi connectivity index (χ1v) is 6.96. The minimum atomic E-state index is -0.155. The largest absolute Gasteiger partial charge is 0.207 e. The van der Waals surface area contributed by atoms with Crippen LogP contribution in [0.3, 0.4) is 0 Å². The molecule has 1 aliphatic carbocycles. The Hall–Kier alpha value is -1.89. The van der Waals surface area contributed by atoms with Crippen LogP contribution >= 0.6 is 0 Å². The summed E-state index contributed by atoms with van der Waals surface area (Å²) in [7, 11) is 0. The van der Waals surface area contributed by atoms with E-state index in [0.29, 0.717) is 0 Å². The lowest BCUT2D eigenvalue weighted by Gasteiger charge is -2.18. The van der Waals surface area contributed by atoms with Gasteiger partial charge in [0.2, 0.25) is 0 Å². The molecule has 0 aliphatic heterocycles. The second-order valence-electron chi connectivity index (χ2n) is 5.44. The van der Waals surface area contributed by atoms with E-state index >= 15 is 0 Å². The Morgan fingerprint density at radius 1 is 0.737 bits per heavy atom. The molecule has 0 aromatic heterocycles. The van der Waals surface area contributed by atoms with Crippen LogP contribution in [0.25, 0.3) is 21.5 Å². The summed E-state index contributed by atoms with van der Waals surface area (Å²) in [5.74, 6) is -0.155. The van der Waals surface area contributed by atoms with Crippen molar-refractivity contribution >= 4 is 21.5 Å². The summed E-state index contributed by atoms with van der Waals surface area (Å²) < 4.78 is 13.5. The van der Waals surface area contributed by atoms with Crippen molar-refractivity contribution in [1.82, 2.24) is 0 Å². The molecule has 4 rings (SSSR count). The lowest BCUT2D eigenvalue weighted by atomic mass is 9.86. The van der Waals surface area contributed by atoms with E-state index in [4.69, 9.17) is 0 Å². The maximum atomic E-state index is 13.5. The lowest BCUT2D eigenvalue weighted by molar-refractivity contribution is 0.630. The lowest BCUT2D eigenvalue weighted by Crippen LogP contribution is -2.03. The molecule has 1 heteroatoms. The highest BCUT2D eigenvalue weighted by Crippen LogP contribution is 2.33. The Morgan fingerprint density at radius 3 is 2.47 bits per heavy atom. The fraction of sp³-hybridized carbons (Fsp3) is 0.222. The normalized spacial score (nSPS) is 14.8. The van der Waals surface area contributed by atoms with Crippen molar-refractivity contribution in [2.45, 2.75) is 25.7 Å². The highest BCUT2D eigenvalue weighted by molar-refractivity contribution is 6.08. The second kappa shape index (κ2) is 4.06. The molecule has 0 saturated heterocycles. The first kappa shape index (κ1) is 11.0. The van der Waals surface area contributed by atoms with Gasteiger partial charge in [0.05, 0.1) is 0 Å². The number of rotatable bonds is 0. The molecule has 0 N–H and O–H groups in total. The van der Waals surface area contributed by atoms with Crippen molar-refractivity contribution in [3.05, 3.63) is 59.4 Å². The quantitative estimate of drug-likeness (QED) is 0.492. The number of benzene rings is 3. The molecular formula is C18H15F. The van der Waals surface area contributed by atoms with Crippen LogP contribution in [0.4, 0.5) is 4.39 Å². The molecule has 0 heterocycles. The Balaban J connectivity index is 2.14. The minimum Gasteiger partial charge on any atom is -0.207 e. The molecule has 0 radical (unpaired) electrons. The van der Waals surface area contributed by atoms with Gasteiger partial charge in [0.25, 0.3) is 0 Å². The first-order chi connectivity index (χ1) is 9.33. The predicted octanol–water partition coefficient (Wildman–Crippen LogP) is 5.01. The summed E-state index contributed by atoms with van der Waals surface area (Å²) in [6.07, 6.45) is 4.91. The Kier molecular flexibility index (Phi) is 2.34. The molecule has 0 amide bonds. The molecule has 0 nitrogen and oxygen atoms in total. The molecule has 94 valence electrons. The average Bonchev–Trinajstić information content (AvgIpc) is 2.46. The van der Waals surface area contributed by atoms with Crippen LogP contribution in [0.1, 0.15) is 24.0 Å². The van der Waals surface area contributed by atoms with Crippen LogP contribution in [0.2, 0.25) is 0 Å². The summed E-state index contributed by atoms with van der Waals surface area (Å²) in [5.41, 5.74) is 2.96. The Bertz CT molecular complexity index is 786. The van der Waals surface area contributed by atoms with Gasteiger partial charge in [0.15, 0.2) is 0 Å². The van der Waals surface area contributed by atoms with Gasteiger partial charge in [0.1, 0.15) is 5.82 Å². The van der Waals surface area contributed by atoms with Crippen LogP contribution in [0, 0.1) is 5.82 Å². The third kappa shape index (κ3) is 1.65. The van der Waals surface area contributed by atoms with E-state index in [1.54, 1.807) is 6.07 Å². The van der Waals surface area contributed by atoms with E-state index in [0.717, 1.165) is 17.2 Å². The topological polar surface area (TPSA) is 0 Å². The fourth-order valence-corrected chi connectivity index (χ4v) is 3.36. The molecule has 0 saturated carbocycles. The molecule has 19 heavy (non-hydrogen) atoms. The van der Waals surface area contributed by atoms with Crippen LogP contribution in [-0.2, 0) is 12.8 Å². The number of halogens is 1. The fourth-order valence-electron chi connectivity index (χ4n) is 3.36.